The molecule has 0 unspecified atom stereocenters. The highest BCUT2D eigenvalue weighted by Crippen LogP contribution is 2.17. The lowest BCUT2D eigenvalue weighted by Gasteiger charge is -2.18. The number of likely N-dealkylation sites (N-methyl/N-ethyl adjacent to an activating group) is 1. The van der Waals surface area contributed by atoms with Crippen LogP contribution in [0.4, 0.5) is 11.4 Å². The monoisotopic (exact) mass is 305 g/mol. The Bertz CT molecular complexity index is 595. The molecular weight excluding hydrogens is 286 g/mol. The van der Waals surface area contributed by atoms with Gasteiger partial charge in [0, 0.05) is 30.3 Å². The number of carbonyl (C=O) groups excluding carboxylic acids is 1. The fourth-order valence-corrected chi connectivity index (χ4v) is 2.55. The second kappa shape index (κ2) is 7.19. The molecule has 1 aromatic heterocycles. The number of hydrogen-bond acceptors (Lipinski definition) is 5. The number of carbonyl (C=O) groups is 1. The molecule has 2 rings (SSSR count). The van der Waals surface area contributed by atoms with Gasteiger partial charge in [-0.1, -0.05) is 0 Å². The van der Waals surface area contributed by atoms with Crippen LogP contribution in [-0.4, -0.2) is 36.2 Å². The van der Waals surface area contributed by atoms with Crippen LogP contribution in [0.1, 0.15) is 10.7 Å². The summed E-state index contributed by atoms with van der Waals surface area (Å²) in [5.74, 6) is -0.0724. The first-order chi connectivity index (χ1) is 10.1. The van der Waals surface area contributed by atoms with Gasteiger partial charge in [0.05, 0.1) is 23.7 Å². The number of thiazole rings is 1. The Kier molecular flexibility index (Phi) is 5.30. The summed E-state index contributed by atoms with van der Waals surface area (Å²) < 4.78 is 0. The van der Waals surface area contributed by atoms with Gasteiger partial charge in [-0.3, -0.25) is 4.79 Å². The van der Waals surface area contributed by atoms with Crippen LogP contribution in [-0.2, 0) is 11.2 Å². The van der Waals surface area contributed by atoms with E-state index < -0.39 is 0 Å². The number of aliphatic hydroxyl groups excluding tert-OH is 1. The van der Waals surface area contributed by atoms with E-state index in [0.717, 1.165) is 22.1 Å². The zero-order valence-corrected chi connectivity index (χ0v) is 13.0. The third-order valence-corrected chi connectivity index (χ3v) is 3.86. The van der Waals surface area contributed by atoms with E-state index in [1.165, 1.54) is 0 Å². The summed E-state index contributed by atoms with van der Waals surface area (Å²) in [6.45, 7) is 2.62. The maximum atomic E-state index is 11.9. The number of anilines is 2. The van der Waals surface area contributed by atoms with Crippen LogP contribution in [0.5, 0.6) is 0 Å². The number of nitrogens with zero attached hydrogens (tertiary/aromatic N) is 2. The van der Waals surface area contributed by atoms with Crippen molar-refractivity contribution < 1.29 is 9.90 Å². The quantitative estimate of drug-likeness (QED) is 0.857. The molecule has 0 atom stereocenters. The molecule has 1 amide bonds. The Morgan fingerprint density at radius 1 is 1.38 bits per heavy atom. The van der Waals surface area contributed by atoms with Crippen LogP contribution < -0.4 is 10.2 Å². The molecule has 1 heterocycles. The molecule has 0 saturated heterocycles. The molecule has 0 bridgehead atoms. The normalized spacial score (nSPS) is 10.4. The van der Waals surface area contributed by atoms with Crippen molar-refractivity contribution in [2.45, 2.75) is 13.3 Å². The molecular formula is C15H19N3O2S. The molecule has 0 saturated carbocycles. The summed E-state index contributed by atoms with van der Waals surface area (Å²) in [5, 5.41) is 14.6. The van der Waals surface area contributed by atoms with E-state index >= 15 is 0 Å². The predicted octanol–water partition coefficient (Wildman–Crippen LogP) is 2.06. The predicted molar refractivity (Wildman–Crippen MR) is 86.0 cm³/mol. The van der Waals surface area contributed by atoms with Crippen LogP contribution in [0, 0.1) is 6.92 Å². The zero-order valence-electron chi connectivity index (χ0n) is 12.2. The van der Waals surface area contributed by atoms with Crippen molar-refractivity contribution >= 4 is 28.6 Å². The second-order valence-electron chi connectivity index (χ2n) is 4.77. The Morgan fingerprint density at radius 3 is 2.67 bits per heavy atom. The lowest BCUT2D eigenvalue weighted by molar-refractivity contribution is -0.115. The molecule has 0 aliphatic carbocycles. The maximum Gasteiger partial charge on any atom is 0.230 e. The van der Waals surface area contributed by atoms with E-state index in [9.17, 15) is 4.79 Å². The Morgan fingerprint density at radius 2 is 2.10 bits per heavy atom. The van der Waals surface area contributed by atoms with Gasteiger partial charge in [-0.15, -0.1) is 11.3 Å². The van der Waals surface area contributed by atoms with Crippen molar-refractivity contribution in [3.63, 3.8) is 0 Å². The van der Waals surface area contributed by atoms with Gasteiger partial charge in [0.15, 0.2) is 0 Å². The highest BCUT2D eigenvalue weighted by atomic mass is 32.1. The van der Waals surface area contributed by atoms with Crippen molar-refractivity contribution in [2.24, 2.45) is 0 Å². The lowest BCUT2D eigenvalue weighted by atomic mass is 10.2. The third-order valence-electron chi connectivity index (χ3n) is 3.04. The minimum atomic E-state index is -0.0724. The molecule has 0 spiro atoms. The largest absolute Gasteiger partial charge is 0.395 e. The SMILES string of the molecule is Cc1nc(CC(=O)Nc2ccc(N(C)CCO)cc2)cs1. The number of nitrogens with one attached hydrogen (secondary N) is 1. The molecule has 1 aromatic carbocycles. The number of hydrogen-bond donors (Lipinski definition) is 2. The van der Waals surface area contributed by atoms with Crippen LogP contribution in [0.2, 0.25) is 0 Å². The number of aliphatic hydroxyl groups is 1. The number of rotatable bonds is 6. The summed E-state index contributed by atoms with van der Waals surface area (Å²) in [5.41, 5.74) is 2.56. The first-order valence-corrected chi connectivity index (χ1v) is 7.59. The van der Waals surface area contributed by atoms with Gasteiger partial charge in [-0.25, -0.2) is 4.98 Å². The smallest absolute Gasteiger partial charge is 0.230 e. The van der Waals surface area contributed by atoms with Crippen molar-refractivity contribution in [2.75, 3.05) is 30.4 Å². The number of amides is 1. The average molecular weight is 305 g/mol. The Balaban J connectivity index is 1.92. The summed E-state index contributed by atoms with van der Waals surface area (Å²) in [6, 6.07) is 7.54. The van der Waals surface area contributed by atoms with Crippen molar-refractivity contribution in [1.29, 1.82) is 0 Å². The molecule has 112 valence electrons. The van der Waals surface area contributed by atoms with Gasteiger partial charge in [-0.2, -0.15) is 0 Å². The fraction of sp³-hybridized carbons (Fsp3) is 0.333. The zero-order chi connectivity index (χ0) is 15.2. The molecule has 2 aromatic rings. The van der Waals surface area contributed by atoms with Crippen LogP contribution >= 0.6 is 11.3 Å². The molecule has 2 N–H and O–H groups in total. The van der Waals surface area contributed by atoms with Gasteiger partial charge >= 0.3 is 0 Å². The minimum Gasteiger partial charge on any atom is -0.395 e. The van der Waals surface area contributed by atoms with E-state index in [2.05, 4.69) is 10.3 Å². The third kappa shape index (κ3) is 4.54. The number of aryl methyl sites for hydroxylation is 1. The number of benzene rings is 1. The van der Waals surface area contributed by atoms with E-state index in [1.807, 2.05) is 48.5 Å². The van der Waals surface area contributed by atoms with Gasteiger partial charge in [-0.05, 0) is 31.2 Å². The topological polar surface area (TPSA) is 65.5 Å². The minimum absolute atomic E-state index is 0.0724. The highest BCUT2D eigenvalue weighted by molar-refractivity contribution is 7.09. The van der Waals surface area contributed by atoms with Crippen LogP contribution in [0.25, 0.3) is 0 Å². The van der Waals surface area contributed by atoms with Crippen molar-refractivity contribution in [1.82, 2.24) is 4.98 Å². The Labute approximate surface area is 128 Å². The summed E-state index contributed by atoms with van der Waals surface area (Å²) in [7, 11) is 1.91. The first kappa shape index (κ1) is 15.5. The summed E-state index contributed by atoms with van der Waals surface area (Å²) >= 11 is 1.55. The number of aromatic nitrogens is 1. The molecule has 6 heteroatoms. The molecule has 5 nitrogen and oxygen atoms in total. The van der Waals surface area contributed by atoms with Gasteiger partial charge in [0.1, 0.15) is 0 Å². The van der Waals surface area contributed by atoms with E-state index in [4.69, 9.17) is 5.11 Å². The maximum absolute atomic E-state index is 11.9. The van der Waals surface area contributed by atoms with Crippen LogP contribution in [0.3, 0.4) is 0 Å². The summed E-state index contributed by atoms with van der Waals surface area (Å²) in [4.78, 5) is 18.1. The average Bonchev–Trinajstić information content (AvgIpc) is 2.85. The molecule has 0 aliphatic rings. The molecule has 0 radical (unpaired) electrons. The second-order valence-corrected chi connectivity index (χ2v) is 5.84. The van der Waals surface area contributed by atoms with E-state index in [0.29, 0.717) is 6.54 Å². The summed E-state index contributed by atoms with van der Waals surface area (Å²) in [6.07, 6.45) is 0.288. The van der Waals surface area contributed by atoms with Gasteiger partial charge in [0.25, 0.3) is 0 Å². The Hall–Kier alpha value is -1.92. The molecule has 0 aliphatic heterocycles. The van der Waals surface area contributed by atoms with Crippen molar-refractivity contribution in [3.05, 3.63) is 40.3 Å². The van der Waals surface area contributed by atoms with Gasteiger partial charge < -0.3 is 15.3 Å². The lowest BCUT2D eigenvalue weighted by Crippen LogP contribution is -2.21. The van der Waals surface area contributed by atoms with E-state index in [-0.39, 0.29) is 18.9 Å². The molecule has 21 heavy (non-hydrogen) atoms. The molecule has 0 fully saturated rings. The first-order valence-electron chi connectivity index (χ1n) is 6.71. The van der Waals surface area contributed by atoms with Gasteiger partial charge in [0.2, 0.25) is 5.91 Å². The highest BCUT2D eigenvalue weighted by Gasteiger charge is 2.07. The standard InChI is InChI=1S/C15H19N3O2S/c1-11-16-13(10-21-11)9-15(20)17-12-3-5-14(6-4-12)18(2)7-8-19/h3-6,10,19H,7-9H2,1-2H3,(H,17,20). The van der Waals surface area contributed by atoms with Crippen molar-refractivity contribution in [3.8, 4) is 0 Å². The van der Waals surface area contributed by atoms with E-state index in [1.54, 1.807) is 11.3 Å². The van der Waals surface area contributed by atoms with Crippen LogP contribution in [0.15, 0.2) is 29.6 Å². The fourth-order valence-electron chi connectivity index (χ4n) is 1.94.